The lowest BCUT2D eigenvalue weighted by Crippen LogP contribution is -2.40. The molecule has 0 atom stereocenters. The van der Waals surface area contributed by atoms with Gasteiger partial charge >= 0.3 is 0 Å². The van der Waals surface area contributed by atoms with Gasteiger partial charge in [0.25, 0.3) is 0 Å². The molecular weight excluding hydrogens is 100 g/mol. The summed E-state index contributed by atoms with van der Waals surface area (Å²) in [6.45, 7) is 9.51. The summed E-state index contributed by atoms with van der Waals surface area (Å²) in [7, 11) is 0. The zero-order valence-electron chi connectivity index (χ0n) is 4.93. The Morgan fingerprint density at radius 3 is 2.38 bits per heavy atom. The Kier molecular flexibility index (Phi) is 1.92. The third-order valence-corrected chi connectivity index (χ3v) is 1.36. The zero-order valence-corrected chi connectivity index (χ0v) is 4.93. The smallest absolute Gasteiger partial charge is 0.0298 e. The van der Waals surface area contributed by atoms with Gasteiger partial charge in [-0.05, 0) is 12.8 Å². The second kappa shape index (κ2) is 2.72. The maximum Gasteiger partial charge on any atom is 0.0298 e. The highest BCUT2D eigenvalue weighted by Gasteiger charge is 2.01. The minimum Gasteiger partial charge on any atom is -0.375 e. The highest BCUT2D eigenvalue weighted by atomic mass is 15.2. The third-order valence-electron chi connectivity index (χ3n) is 1.36. The molecule has 2 nitrogen and oxygen atoms in total. The quantitative estimate of drug-likeness (QED) is 0.505. The normalized spacial score (nSPS) is 20.8. The molecule has 1 rings (SSSR count). The zero-order chi connectivity index (χ0) is 5.82. The molecule has 8 heavy (non-hydrogen) atoms. The van der Waals surface area contributed by atoms with E-state index in [1.54, 1.807) is 6.20 Å². The fourth-order valence-corrected chi connectivity index (χ4v) is 0.831. The SMILES string of the molecule is [CH]=CN1CCNCC1. The van der Waals surface area contributed by atoms with E-state index in [2.05, 4.69) is 10.2 Å². The highest BCUT2D eigenvalue weighted by Crippen LogP contribution is 1.89. The average Bonchev–Trinajstić information content (AvgIpc) is 1.90. The van der Waals surface area contributed by atoms with Crippen LogP contribution < -0.4 is 5.32 Å². The van der Waals surface area contributed by atoms with E-state index in [0.29, 0.717) is 0 Å². The second-order valence-corrected chi connectivity index (χ2v) is 1.94. The number of piperazine rings is 1. The van der Waals surface area contributed by atoms with Crippen LogP contribution in [0.3, 0.4) is 0 Å². The van der Waals surface area contributed by atoms with E-state index in [-0.39, 0.29) is 0 Å². The Hall–Kier alpha value is -0.500. The molecule has 45 valence electrons. The van der Waals surface area contributed by atoms with E-state index >= 15 is 0 Å². The van der Waals surface area contributed by atoms with Crippen molar-refractivity contribution in [3.8, 4) is 0 Å². The van der Waals surface area contributed by atoms with Gasteiger partial charge < -0.3 is 10.2 Å². The predicted molar refractivity (Wildman–Crippen MR) is 33.3 cm³/mol. The van der Waals surface area contributed by atoms with Gasteiger partial charge in [-0.1, -0.05) is 0 Å². The van der Waals surface area contributed by atoms with Gasteiger partial charge in [-0.2, -0.15) is 0 Å². The molecule has 2 heteroatoms. The van der Waals surface area contributed by atoms with Gasteiger partial charge in [0.1, 0.15) is 0 Å². The molecule has 1 radical (unpaired) electrons. The van der Waals surface area contributed by atoms with Crippen molar-refractivity contribution in [1.29, 1.82) is 0 Å². The van der Waals surface area contributed by atoms with E-state index in [1.807, 2.05) is 0 Å². The first-order valence-electron chi connectivity index (χ1n) is 2.93. The Balaban J connectivity index is 2.22. The molecule has 1 aliphatic rings. The Morgan fingerprint density at radius 2 is 2.00 bits per heavy atom. The largest absolute Gasteiger partial charge is 0.375 e. The van der Waals surface area contributed by atoms with Crippen molar-refractivity contribution in [2.75, 3.05) is 26.2 Å². The van der Waals surface area contributed by atoms with Crippen LogP contribution in [0, 0.1) is 6.58 Å². The highest BCUT2D eigenvalue weighted by molar-refractivity contribution is 4.73. The maximum absolute atomic E-state index is 5.28. The molecule has 0 spiro atoms. The van der Waals surface area contributed by atoms with Crippen molar-refractivity contribution in [3.05, 3.63) is 12.8 Å². The molecule has 0 bridgehead atoms. The van der Waals surface area contributed by atoms with E-state index in [0.717, 1.165) is 26.2 Å². The Morgan fingerprint density at radius 1 is 1.38 bits per heavy atom. The molecule has 0 aromatic heterocycles. The van der Waals surface area contributed by atoms with Crippen molar-refractivity contribution in [3.63, 3.8) is 0 Å². The lowest BCUT2D eigenvalue weighted by Gasteiger charge is -2.24. The number of rotatable bonds is 1. The van der Waals surface area contributed by atoms with Crippen molar-refractivity contribution >= 4 is 0 Å². The van der Waals surface area contributed by atoms with Crippen molar-refractivity contribution in [1.82, 2.24) is 10.2 Å². The minimum atomic E-state index is 1.05. The van der Waals surface area contributed by atoms with E-state index in [9.17, 15) is 0 Å². The summed E-state index contributed by atoms with van der Waals surface area (Å²) < 4.78 is 0. The van der Waals surface area contributed by atoms with Crippen LogP contribution in [-0.2, 0) is 0 Å². The lowest BCUT2D eigenvalue weighted by atomic mass is 10.4. The fourth-order valence-electron chi connectivity index (χ4n) is 0.831. The summed E-state index contributed by atoms with van der Waals surface area (Å²) in [5.74, 6) is 0. The van der Waals surface area contributed by atoms with Gasteiger partial charge in [0.2, 0.25) is 0 Å². The van der Waals surface area contributed by atoms with Gasteiger partial charge in [-0.15, -0.1) is 0 Å². The number of hydrogen-bond donors (Lipinski definition) is 1. The molecule has 1 heterocycles. The van der Waals surface area contributed by atoms with Crippen LogP contribution in [0.4, 0.5) is 0 Å². The van der Waals surface area contributed by atoms with Gasteiger partial charge in [-0.3, -0.25) is 0 Å². The van der Waals surface area contributed by atoms with Gasteiger partial charge in [0.15, 0.2) is 0 Å². The monoisotopic (exact) mass is 111 g/mol. The molecule has 1 aliphatic heterocycles. The fraction of sp³-hybridized carbons (Fsp3) is 0.667. The molecule has 1 saturated heterocycles. The standard InChI is InChI=1S/C6H11N2/c1-2-8-5-3-7-4-6-8/h1-2,7H,3-6H2. The minimum absolute atomic E-state index is 1.05. The molecule has 0 unspecified atom stereocenters. The second-order valence-electron chi connectivity index (χ2n) is 1.94. The van der Waals surface area contributed by atoms with Crippen LogP contribution in [0.5, 0.6) is 0 Å². The van der Waals surface area contributed by atoms with Gasteiger partial charge in [0.05, 0.1) is 0 Å². The topological polar surface area (TPSA) is 15.3 Å². The number of hydrogen-bond acceptors (Lipinski definition) is 2. The third kappa shape index (κ3) is 1.23. The van der Waals surface area contributed by atoms with Crippen LogP contribution in [0.2, 0.25) is 0 Å². The molecule has 0 aromatic rings. The maximum atomic E-state index is 5.28. The summed E-state index contributed by atoms with van der Waals surface area (Å²) in [5.41, 5.74) is 0. The van der Waals surface area contributed by atoms with Crippen molar-refractivity contribution in [2.45, 2.75) is 0 Å². The Labute approximate surface area is 50.2 Å². The van der Waals surface area contributed by atoms with Crippen LogP contribution in [0.1, 0.15) is 0 Å². The molecule has 1 fully saturated rings. The number of nitrogens with zero attached hydrogens (tertiary/aromatic N) is 1. The van der Waals surface area contributed by atoms with Gasteiger partial charge in [-0.25, -0.2) is 0 Å². The first-order valence-corrected chi connectivity index (χ1v) is 2.93. The molecule has 0 aliphatic carbocycles. The molecule has 0 aromatic carbocycles. The van der Waals surface area contributed by atoms with Crippen LogP contribution in [0.15, 0.2) is 6.20 Å². The first kappa shape index (κ1) is 5.63. The molecule has 0 saturated carbocycles. The van der Waals surface area contributed by atoms with Crippen molar-refractivity contribution in [2.24, 2.45) is 0 Å². The first-order chi connectivity index (χ1) is 3.93. The van der Waals surface area contributed by atoms with Crippen molar-refractivity contribution < 1.29 is 0 Å². The van der Waals surface area contributed by atoms with E-state index in [4.69, 9.17) is 6.58 Å². The Bertz CT molecular complexity index is 74.6. The summed E-state index contributed by atoms with van der Waals surface area (Å²) in [6.07, 6.45) is 1.65. The van der Waals surface area contributed by atoms with E-state index < -0.39 is 0 Å². The summed E-state index contributed by atoms with van der Waals surface area (Å²) in [5, 5.41) is 3.23. The lowest BCUT2D eigenvalue weighted by molar-refractivity contribution is 0.324. The molecule has 0 amide bonds. The number of nitrogens with one attached hydrogen (secondary N) is 1. The van der Waals surface area contributed by atoms with Crippen LogP contribution in [0.25, 0.3) is 0 Å². The summed E-state index contributed by atoms with van der Waals surface area (Å²) in [6, 6.07) is 0. The molecule has 1 N–H and O–H groups in total. The van der Waals surface area contributed by atoms with Crippen LogP contribution in [-0.4, -0.2) is 31.1 Å². The summed E-state index contributed by atoms with van der Waals surface area (Å²) in [4.78, 5) is 2.11. The van der Waals surface area contributed by atoms with E-state index in [1.165, 1.54) is 0 Å². The van der Waals surface area contributed by atoms with Gasteiger partial charge in [0, 0.05) is 26.2 Å². The average molecular weight is 111 g/mol. The summed E-state index contributed by atoms with van der Waals surface area (Å²) >= 11 is 0. The van der Waals surface area contributed by atoms with Crippen LogP contribution >= 0.6 is 0 Å². The molecular formula is C6H11N2. The predicted octanol–water partition coefficient (Wildman–Crippen LogP) is -0.162.